The summed E-state index contributed by atoms with van der Waals surface area (Å²) in [6.07, 6.45) is 0.934. The van der Waals surface area contributed by atoms with E-state index in [9.17, 15) is 0 Å². The van der Waals surface area contributed by atoms with Crippen molar-refractivity contribution in [3.05, 3.63) is 11.9 Å². The van der Waals surface area contributed by atoms with E-state index < -0.39 is 0 Å². The molecule has 1 rings (SSSR count). The third-order valence-electron chi connectivity index (χ3n) is 2.33. The Kier molecular flexibility index (Phi) is 7.09. The Morgan fingerprint density at radius 2 is 2.16 bits per heavy atom. The van der Waals surface area contributed by atoms with E-state index >= 15 is 0 Å². The Morgan fingerprint density at radius 1 is 1.37 bits per heavy atom. The van der Waals surface area contributed by atoms with Crippen molar-refractivity contribution in [3.63, 3.8) is 0 Å². The van der Waals surface area contributed by atoms with Crippen LogP contribution in [0.3, 0.4) is 0 Å². The van der Waals surface area contributed by atoms with Gasteiger partial charge in [-0.1, -0.05) is 0 Å². The summed E-state index contributed by atoms with van der Waals surface area (Å²) in [5.74, 6) is 6.95. The Balaban J connectivity index is 2.55. The molecule has 0 aliphatic rings. The van der Waals surface area contributed by atoms with Gasteiger partial charge < -0.3 is 19.8 Å². The summed E-state index contributed by atoms with van der Waals surface area (Å²) in [7, 11) is 4.06. The lowest BCUT2D eigenvalue weighted by molar-refractivity contribution is 0.127. The molecule has 0 unspecified atom stereocenters. The minimum atomic E-state index is 0.347. The molecule has 108 valence electrons. The first kappa shape index (κ1) is 15.6. The van der Waals surface area contributed by atoms with Gasteiger partial charge in [-0.2, -0.15) is 4.98 Å². The smallest absolute Gasteiger partial charge is 0.218 e. The molecule has 0 saturated carbocycles. The van der Waals surface area contributed by atoms with E-state index in [1.54, 1.807) is 6.07 Å². The van der Waals surface area contributed by atoms with Crippen molar-refractivity contribution in [2.75, 3.05) is 39.3 Å². The Hall–Kier alpha value is -1.44. The summed E-state index contributed by atoms with van der Waals surface area (Å²) in [5, 5.41) is 0. The van der Waals surface area contributed by atoms with Crippen LogP contribution in [-0.2, 0) is 11.3 Å². The zero-order chi connectivity index (χ0) is 14.1. The summed E-state index contributed by atoms with van der Waals surface area (Å²) >= 11 is 0. The maximum atomic E-state index is 5.59. The zero-order valence-corrected chi connectivity index (χ0v) is 11.8. The fourth-order valence-corrected chi connectivity index (χ4v) is 1.44. The molecule has 0 aromatic carbocycles. The van der Waals surface area contributed by atoms with Crippen LogP contribution in [0.4, 0.5) is 5.82 Å². The fourth-order valence-electron chi connectivity index (χ4n) is 1.44. The number of hydrogen-bond donors (Lipinski definition) is 2. The van der Waals surface area contributed by atoms with Crippen molar-refractivity contribution in [1.82, 2.24) is 14.9 Å². The molecule has 0 aliphatic carbocycles. The number of aromatic nitrogens is 2. The Bertz CT molecular complexity index is 373. The van der Waals surface area contributed by atoms with Gasteiger partial charge in [-0.3, -0.25) is 0 Å². The summed E-state index contributed by atoms with van der Waals surface area (Å²) in [6.45, 7) is 4.46. The van der Waals surface area contributed by atoms with Gasteiger partial charge in [0, 0.05) is 19.2 Å². The number of rotatable bonds is 9. The van der Waals surface area contributed by atoms with Crippen molar-refractivity contribution >= 4 is 5.82 Å². The largest absolute Gasteiger partial charge is 0.477 e. The highest BCUT2D eigenvalue weighted by Crippen LogP contribution is 2.13. The van der Waals surface area contributed by atoms with Gasteiger partial charge in [-0.05, 0) is 27.4 Å². The molecule has 7 heteroatoms. The lowest BCUT2D eigenvalue weighted by atomic mass is 10.4. The van der Waals surface area contributed by atoms with Crippen molar-refractivity contribution in [3.8, 4) is 5.88 Å². The van der Waals surface area contributed by atoms with Crippen LogP contribution in [0.2, 0.25) is 0 Å². The van der Waals surface area contributed by atoms with Crippen LogP contribution >= 0.6 is 0 Å². The third kappa shape index (κ3) is 6.32. The monoisotopic (exact) mass is 269 g/mol. The first-order valence-corrected chi connectivity index (χ1v) is 6.35. The molecule has 1 aromatic rings. The van der Waals surface area contributed by atoms with Crippen LogP contribution in [0, 0.1) is 0 Å². The van der Waals surface area contributed by atoms with Crippen molar-refractivity contribution in [2.45, 2.75) is 20.0 Å². The summed E-state index contributed by atoms with van der Waals surface area (Å²) < 4.78 is 10.9. The molecule has 0 fully saturated rings. The summed E-state index contributed by atoms with van der Waals surface area (Å²) in [5.41, 5.74) is 2.50. The van der Waals surface area contributed by atoms with Crippen LogP contribution in [0.15, 0.2) is 6.07 Å². The highest BCUT2D eigenvalue weighted by atomic mass is 16.5. The molecule has 7 nitrogen and oxygen atoms in total. The van der Waals surface area contributed by atoms with E-state index in [1.165, 1.54) is 0 Å². The van der Waals surface area contributed by atoms with Gasteiger partial charge in [0.1, 0.15) is 12.4 Å². The van der Waals surface area contributed by atoms with Gasteiger partial charge >= 0.3 is 0 Å². The second-order valence-electron chi connectivity index (χ2n) is 4.29. The molecule has 0 atom stereocenters. The number of nitrogens with one attached hydrogen (secondary N) is 1. The van der Waals surface area contributed by atoms with Gasteiger partial charge in [0.15, 0.2) is 5.82 Å². The van der Waals surface area contributed by atoms with Crippen molar-refractivity contribution < 1.29 is 9.47 Å². The van der Waals surface area contributed by atoms with E-state index in [2.05, 4.69) is 20.3 Å². The number of ether oxygens (including phenoxy) is 2. The van der Waals surface area contributed by atoms with Crippen LogP contribution in [0.25, 0.3) is 0 Å². The van der Waals surface area contributed by atoms with Gasteiger partial charge in [-0.25, -0.2) is 10.8 Å². The quantitative estimate of drug-likeness (QED) is 0.386. The second-order valence-corrected chi connectivity index (χ2v) is 4.29. The first-order chi connectivity index (χ1) is 9.15. The third-order valence-corrected chi connectivity index (χ3v) is 2.33. The predicted octanol–water partition coefficient (Wildman–Crippen LogP) is 0.629. The first-order valence-electron chi connectivity index (χ1n) is 6.35. The average Bonchev–Trinajstić information content (AvgIpc) is 2.41. The number of nitrogens with two attached hydrogens (primary N) is 1. The van der Waals surface area contributed by atoms with E-state index in [-0.39, 0.29) is 0 Å². The number of hydrogen-bond acceptors (Lipinski definition) is 7. The fraction of sp³-hybridized carbons (Fsp3) is 0.667. The highest BCUT2D eigenvalue weighted by molar-refractivity contribution is 5.36. The van der Waals surface area contributed by atoms with Gasteiger partial charge in [-0.15, -0.1) is 0 Å². The zero-order valence-electron chi connectivity index (χ0n) is 11.8. The highest BCUT2D eigenvalue weighted by Gasteiger charge is 2.05. The summed E-state index contributed by atoms with van der Waals surface area (Å²) in [4.78, 5) is 10.6. The number of hydrazine groups is 1. The molecule has 3 N–H and O–H groups in total. The van der Waals surface area contributed by atoms with Crippen LogP contribution < -0.4 is 16.0 Å². The SMILES string of the molecule is CCOCc1nc(NN)cc(OCCCN(C)C)n1. The molecule has 0 radical (unpaired) electrons. The molecule has 1 heterocycles. The molecule has 0 bridgehead atoms. The standard InChI is InChI=1S/C12H23N5O2/c1-4-18-9-11-14-10(16-13)8-12(15-11)19-7-5-6-17(2)3/h8H,4-7,9,13H2,1-3H3,(H,14,15,16). The van der Waals surface area contributed by atoms with Crippen LogP contribution in [0.5, 0.6) is 5.88 Å². The number of anilines is 1. The Morgan fingerprint density at radius 3 is 2.79 bits per heavy atom. The van der Waals surface area contributed by atoms with E-state index in [1.807, 2.05) is 21.0 Å². The molecule has 1 aromatic heterocycles. The maximum Gasteiger partial charge on any atom is 0.218 e. The molecule has 0 amide bonds. The number of nitrogen functional groups attached to an aromatic ring is 1. The normalized spacial score (nSPS) is 10.8. The molecular weight excluding hydrogens is 246 g/mol. The number of nitrogens with zero attached hydrogens (tertiary/aromatic N) is 3. The molecule has 0 spiro atoms. The maximum absolute atomic E-state index is 5.59. The van der Waals surface area contributed by atoms with Crippen molar-refractivity contribution in [2.24, 2.45) is 5.84 Å². The van der Waals surface area contributed by atoms with Gasteiger partial charge in [0.05, 0.1) is 6.61 Å². The second kappa shape index (κ2) is 8.63. The molecule has 19 heavy (non-hydrogen) atoms. The van der Waals surface area contributed by atoms with E-state index in [0.717, 1.165) is 13.0 Å². The van der Waals surface area contributed by atoms with Crippen LogP contribution in [-0.4, -0.2) is 48.7 Å². The average molecular weight is 269 g/mol. The lowest BCUT2D eigenvalue weighted by Gasteiger charge is -2.11. The minimum absolute atomic E-state index is 0.347. The minimum Gasteiger partial charge on any atom is -0.477 e. The van der Waals surface area contributed by atoms with Gasteiger partial charge in [0.2, 0.25) is 5.88 Å². The molecular formula is C12H23N5O2. The molecule has 0 aliphatic heterocycles. The topological polar surface area (TPSA) is 85.5 Å². The van der Waals surface area contributed by atoms with Crippen LogP contribution in [0.1, 0.15) is 19.2 Å². The molecule has 0 saturated heterocycles. The van der Waals surface area contributed by atoms with E-state index in [0.29, 0.717) is 37.3 Å². The van der Waals surface area contributed by atoms with Crippen molar-refractivity contribution in [1.29, 1.82) is 0 Å². The predicted molar refractivity (Wildman–Crippen MR) is 73.8 cm³/mol. The lowest BCUT2D eigenvalue weighted by Crippen LogP contribution is -2.16. The van der Waals surface area contributed by atoms with E-state index in [4.69, 9.17) is 15.3 Å². The Labute approximate surface area is 114 Å². The summed E-state index contributed by atoms with van der Waals surface area (Å²) in [6, 6.07) is 1.67. The van der Waals surface area contributed by atoms with Gasteiger partial charge in [0.25, 0.3) is 0 Å².